The molecule has 2 rings (SSSR count). The zero-order valence-corrected chi connectivity index (χ0v) is 10.3. The molecule has 2 aromatic carbocycles. The zero-order chi connectivity index (χ0) is 13.1. The molecule has 0 saturated carbocycles. The van der Waals surface area contributed by atoms with Gasteiger partial charge in [0.05, 0.1) is 12.8 Å². The summed E-state index contributed by atoms with van der Waals surface area (Å²) in [6.45, 7) is 1.93. The van der Waals surface area contributed by atoms with E-state index in [1.54, 1.807) is 19.2 Å². The van der Waals surface area contributed by atoms with Crippen LogP contribution in [0.3, 0.4) is 0 Å². The van der Waals surface area contributed by atoms with Gasteiger partial charge in [-0.2, -0.15) is 0 Å². The topological polar surface area (TPSA) is 47.3 Å². The van der Waals surface area contributed by atoms with Gasteiger partial charge in [0, 0.05) is 11.4 Å². The SMILES string of the molecule is COc1ccc(Nc2ccc(N)cc2F)c(C)c1. The Balaban J connectivity index is 2.28. The smallest absolute Gasteiger partial charge is 0.148 e. The second kappa shape index (κ2) is 4.96. The van der Waals surface area contributed by atoms with E-state index in [1.807, 2.05) is 25.1 Å². The van der Waals surface area contributed by atoms with Crippen LogP contribution in [0.15, 0.2) is 36.4 Å². The van der Waals surface area contributed by atoms with Crippen molar-refractivity contribution in [3.63, 3.8) is 0 Å². The van der Waals surface area contributed by atoms with Gasteiger partial charge in [-0.1, -0.05) is 0 Å². The summed E-state index contributed by atoms with van der Waals surface area (Å²) in [5.41, 5.74) is 8.12. The molecule has 3 nitrogen and oxygen atoms in total. The number of ether oxygens (including phenoxy) is 1. The van der Waals surface area contributed by atoms with Crippen LogP contribution in [0.25, 0.3) is 0 Å². The molecule has 0 saturated heterocycles. The van der Waals surface area contributed by atoms with Crippen molar-refractivity contribution in [2.45, 2.75) is 6.92 Å². The number of rotatable bonds is 3. The van der Waals surface area contributed by atoms with E-state index in [-0.39, 0.29) is 5.82 Å². The van der Waals surface area contributed by atoms with Crippen LogP contribution < -0.4 is 15.8 Å². The average molecular weight is 246 g/mol. The van der Waals surface area contributed by atoms with E-state index in [4.69, 9.17) is 10.5 Å². The van der Waals surface area contributed by atoms with E-state index < -0.39 is 0 Å². The molecule has 0 atom stereocenters. The summed E-state index contributed by atoms with van der Waals surface area (Å²) < 4.78 is 18.8. The fourth-order valence-corrected chi connectivity index (χ4v) is 1.68. The van der Waals surface area contributed by atoms with E-state index in [1.165, 1.54) is 6.07 Å². The Morgan fingerprint density at radius 3 is 2.44 bits per heavy atom. The average Bonchev–Trinajstić information content (AvgIpc) is 2.34. The van der Waals surface area contributed by atoms with Gasteiger partial charge < -0.3 is 15.8 Å². The number of halogens is 1. The molecule has 0 aliphatic heterocycles. The zero-order valence-electron chi connectivity index (χ0n) is 10.3. The van der Waals surface area contributed by atoms with Gasteiger partial charge in [-0.3, -0.25) is 0 Å². The van der Waals surface area contributed by atoms with E-state index >= 15 is 0 Å². The number of benzene rings is 2. The number of aryl methyl sites for hydroxylation is 1. The van der Waals surface area contributed by atoms with Crippen LogP contribution in [-0.2, 0) is 0 Å². The molecule has 0 aromatic heterocycles. The van der Waals surface area contributed by atoms with E-state index in [9.17, 15) is 4.39 Å². The Morgan fingerprint density at radius 2 is 1.83 bits per heavy atom. The molecule has 0 radical (unpaired) electrons. The van der Waals surface area contributed by atoms with Crippen molar-refractivity contribution in [2.75, 3.05) is 18.2 Å². The van der Waals surface area contributed by atoms with E-state index in [0.29, 0.717) is 11.4 Å². The molecule has 0 amide bonds. The molecule has 0 spiro atoms. The number of hydrogen-bond donors (Lipinski definition) is 2. The van der Waals surface area contributed by atoms with Gasteiger partial charge in [-0.15, -0.1) is 0 Å². The molecule has 0 bridgehead atoms. The van der Waals surface area contributed by atoms with Crippen LogP contribution >= 0.6 is 0 Å². The summed E-state index contributed by atoms with van der Waals surface area (Å²) >= 11 is 0. The summed E-state index contributed by atoms with van der Waals surface area (Å²) in [7, 11) is 1.61. The second-order valence-electron chi connectivity index (χ2n) is 4.05. The minimum absolute atomic E-state index is 0.370. The van der Waals surface area contributed by atoms with Gasteiger partial charge in [0.15, 0.2) is 0 Å². The standard InChI is InChI=1S/C14H15FN2O/c1-9-7-11(18-2)4-6-13(9)17-14-5-3-10(16)8-12(14)15/h3-8,17H,16H2,1-2H3. The van der Waals surface area contributed by atoms with Crippen LogP contribution in [0.4, 0.5) is 21.5 Å². The maximum Gasteiger partial charge on any atom is 0.148 e. The minimum atomic E-state index is -0.370. The molecule has 18 heavy (non-hydrogen) atoms. The first-order valence-corrected chi connectivity index (χ1v) is 5.57. The maximum absolute atomic E-state index is 13.6. The Kier molecular flexibility index (Phi) is 3.37. The number of nitrogen functional groups attached to an aromatic ring is 1. The maximum atomic E-state index is 13.6. The van der Waals surface area contributed by atoms with E-state index in [0.717, 1.165) is 17.0 Å². The molecule has 2 aromatic rings. The van der Waals surface area contributed by atoms with Crippen LogP contribution in [0.5, 0.6) is 5.75 Å². The first-order chi connectivity index (χ1) is 8.60. The van der Waals surface area contributed by atoms with Gasteiger partial charge in [0.1, 0.15) is 11.6 Å². The van der Waals surface area contributed by atoms with Gasteiger partial charge in [0.2, 0.25) is 0 Å². The Labute approximate surface area is 105 Å². The van der Waals surface area contributed by atoms with E-state index in [2.05, 4.69) is 5.32 Å². The molecule has 4 heteroatoms. The number of methoxy groups -OCH3 is 1. The summed E-state index contributed by atoms with van der Waals surface area (Å²) in [5, 5.41) is 3.03. The fraction of sp³-hybridized carbons (Fsp3) is 0.143. The van der Waals surface area contributed by atoms with Crippen molar-refractivity contribution in [3.05, 3.63) is 47.8 Å². The number of anilines is 3. The van der Waals surface area contributed by atoms with Crippen LogP contribution in [0.2, 0.25) is 0 Å². The molecular formula is C14H15FN2O. The lowest BCUT2D eigenvalue weighted by atomic mass is 10.1. The molecule has 0 aliphatic carbocycles. The Morgan fingerprint density at radius 1 is 1.11 bits per heavy atom. The highest BCUT2D eigenvalue weighted by Crippen LogP contribution is 2.26. The third-order valence-electron chi connectivity index (χ3n) is 2.70. The summed E-state index contributed by atoms with van der Waals surface area (Å²) in [6, 6.07) is 10.1. The predicted octanol–water partition coefficient (Wildman–Crippen LogP) is 3.47. The highest BCUT2D eigenvalue weighted by atomic mass is 19.1. The van der Waals surface area contributed by atoms with Crippen molar-refractivity contribution >= 4 is 17.1 Å². The predicted molar refractivity (Wildman–Crippen MR) is 71.8 cm³/mol. The molecule has 0 aliphatic rings. The van der Waals surface area contributed by atoms with Crippen molar-refractivity contribution in [2.24, 2.45) is 0 Å². The summed E-state index contributed by atoms with van der Waals surface area (Å²) in [4.78, 5) is 0. The lowest BCUT2D eigenvalue weighted by Crippen LogP contribution is -1.97. The lowest BCUT2D eigenvalue weighted by molar-refractivity contribution is 0.414. The van der Waals surface area contributed by atoms with Gasteiger partial charge >= 0.3 is 0 Å². The minimum Gasteiger partial charge on any atom is -0.497 e. The van der Waals surface area contributed by atoms with Gasteiger partial charge in [-0.25, -0.2) is 4.39 Å². The van der Waals surface area contributed by atoms with Crippen LogP contribution in [0.1, 0.15) is 5.56 Å². The highest BCUT2D eigenvalue weighted by Gasteiger charge is 2.05. The second-order valence-corrected chi connectivity index (χ2v) is 4.05. The monoisotopic (exact) mass is 246 g/mol. The third-order valence-corrected chi connectivity index (χ3v) is 2.70. The molecular weight excluding hydrogens is 231 g/mol. The number of nitrogens with two attached hydrogens (primary N) is 1. The van der Waals surface area contributed by atoms with Crippen molar-refractivity contribution < 1.29 is 9.13 Å². The molecule has 0 fully saturated rings. The Bertz CT molecular complexity index is 570. The van der Waals surface area contributed by atoms with Crippen molar-refractivity contribution in [1.82, 2.24) is 0 Å². The largest absolute Gasteiger partial charge is 0.497 e. The van der Waals surface area contributed by atoms with Gasteiger partial charge in [-0.05, 0) is 48.9 Å². The highest BCUT2D eigenvalue weighted by molar-refractivity contribution is 5.66. The molecule has 3 N–H and O–H groups in total. The first kappa shape index (κ1) is 12.2. The van der Waals surface area contributed by atoms with Crippen molar-refractivity contribution in [3.8, 4) is 5.75 Å². The fourth-order valence-electron chi connectivity index (χ4n) is 1.68. The quantitative estimate of drug-likeness (QED) is 0.815. The summed E-state index contributed by atoms with van der Waals surface area (Å²) in [6.07, 6.45) is 0. The molecule has 0 unspecified atom stereocenters. The first-order valence-electron chi connectivity index (χ1n) is 5.57. The van der Waals surface area contributed by atoms with Crippen LogP contribution in [-0.4, -0.2) is 7.11 Å². The molecule has 94 valence electrons. The van der Waals surface area contributed by atoms with Crippen molar-refractivity contribution in [1.29, 1.82) is 0 Å². The van der Waals surface area contributed by atoms with Gasteiger partial charge in [0.25, 0.3) is 0 Å². The van der Waals surface area contributed by atoms with Crippen LogP contribution in [0, 0.1) is 12.7 Å². The third kappa shape index (κ3) is 2.53. The number of nitrogens with one attached hydrogen (secondary N) is 1. The normalized spacial score (nSPS) is 10.2. The number of hydrogen-bond acceptors (Lipinski definition) is 3. The Hall–Kier alpha value is -2.23. The summed E-state index contributed by atoms with van der Waals surface area (Å²) in [5.74, 6) is 0.404. The molecule has 0 heterocycles. The lowest BCUT2D eigenvalue weighted by Gasteiger charge is -2.12.